The van der Waals surface area contributed by atoms with Gasteiger partial charge in [0.15, 0.2) is 0 Å². The molecule has 114 valence electrons. The number of amides is 1. The number of carbonyl (C=O) groups is 1. The third-order valence-corrected chi connectivity index (χ3v) is 3.31. The first-order valence-electron chi connectivity index (χ1n) is 7.18. The van der Waals surface area contributed by atoms with E-state index in [9.17, 15) is 4.79 Å². The molecule has 0 saturated heterocycles. The van der Waals surface area contributed by atoms with Gasteiger partial charge in [0.2, 0.25) is 5.91 Å². The zero-order valence-corrected chi connectivity index (χ0v) is 13.7. The Morgan fingerprint density at radius 2 is 2.05 bits per heavy atom. The van der Waals surface area contributed by atoms with Crippen molar-refractivity contribution in [1.29, 1.82) is 0 Å². The molecule has 1 unspecified atom stereocenters. The average molecular weight is 308 g/mol. The molecule has 1 aromatic carbocycles. The smallest absolute Gasteiger partial charge is 0.222 e. The summed E-state index contributed by atoms with van der Waals surface area (Å²) in [4.78, 5) is 16.6. The molecule has 5 heteroatoms. The van der Waals surface area contributed by atoms with Crippen LogP contribution in [-0.4, -0.2) is 21.0 Å². The number of imidazole rings is 1. The molecule has 0 bridgehead atoms. The molecule has 2 rings (SSSR count). The first kappa shape index (κ1) is 15.8. The second kappa shape index (κ2) is 6.06. The van der Waals surface area contributed by atoms with Crippen molar-refractivity contribution in [3.05, 3.63) is 30.1 Å². The fourth-order valence-electron chi connectivity index (χ4n) is 2.33. The van der Waals surface area contributed by atoms with Crippen LogP contribution in [0.5, 0.6) is 0 Å². The van der Waals surface area contributed by atoms with E-state index in [4.69, 9.17) is 11.6 Å². The minimum absolute atomic E-state index is 0.0356. The monoisotopic (exact) mass is 307 g/mol. The number of aryl methyl sites for hydroxylation is 1. The van der Waals surface area contributed by atoms with E-state index < -0.39 is 0 Å². The molecule has 21 heavy (non-hydrogen) atoms. The summed E-state index contributed by atoms with van der Waals surface area (Å²) in [7, 11) is 0. The predicted molar refractivity (Wildman–Crippen MR) is 86.5 cm³/mol. The molecule has 0 aliphatic rings. The lowest BCUT2D eigenvalue weighted by molar-refractivity contribution is -0.122. The summed E-state index contributed by atoms with van der Waals surface area (Å²) in [6.45, 7) is 8.40. The summed E-state index contributed by atoms with van der Waals surface area (Å²) in [6.07, 6.45) is 0.411. The Labute approximate surface area is 130 Å². The van der Waals surface area contributed by atoms with Crippen LogP contribution < -0.4 is 5.32 Å². The fourth-order valence-corrected chi connectivity index (χ4v) is 2.49. The van der Waals surface area contributed by atoms with Crippen LogP contribution in [0.1, 0.15) is 45.3 Å². The van der Waals surface area contributed by atoms with Crippen molar-refractivity contribution in [2.24, 2.45) is 0 Å². The van der Waals surface area contributed by atoms with Crippen LogP contribution in [0.15, 0.2) is 24.3 Å². The van der Waals surface area contributed by atoms with E-state index >= 15 is 0 Å². The molecule has 0 aliphatic heterocycles. The van der Waals surface area contributed by atoms with E-state index in [1.54, 1.807) is 0 Å². The lowest BCUT2D eigenvalue weighted by atomic mass is 10.1. The number of benzene rings is 1. The quantitative estimate of drug-likeness (QED) is 0.877. The number of hydrogen-bond acceptors (Lipinski definition) is 2. The fraction of sp³-hybridized carbons (Fsp3) is 0.500. The molecular weight excluding hydrogens is 286 g/mol. The van der Waals surface area contributed by atoms with Gasteiger partial charge in [0, 0.05) is 18.5 Å². The normalized spacial score (nSPS) is 13.4. The predicted octanol–water partition coefficient (Wildman–Crippen LogP) is 3.64. The molecule has 0 saturated carbocycles. The highest BCUT2D eigenvalue weighted by molar-refractivity contribution is 6.20. The van der Waals surface area contributed by atoms with Crippen LogP contribution in [0.2, 0.25) is 0 Å². The molecule has 2 aromatic rings. The molecule has 0 spiro atoms. The van der Waals surface area contributed by atoms with Gasteiger partial charge in [-0.3, -0.25) is 4.79 Å². The van der Waals surface area contributed by atoms with Crippen molar-refractivity contribution in [2.75, 3.05) is 0 Å². The number of para-hydroxylation sites is 2. The molecule has 1 N–H and O–H groups in total. The Balaban J connectivity index is 2.21. The van der Waals surface area contributed by atoms with Crippen molar-refractivity contribution in [3.63, 3.8) is 0 Å². The van der Waals surface area contributed by atoms with Crippen LogP contribution >= 0.6 is 11.6 Å². The van der Waals surface area contributed by atoms with Gasteiger partial charge < -0.3 is 9.88 Å². The maximum Gasteiger partial charge on any atom is 0.222 e. The van der Waals surface area contributed by atoms with E-state index in [0.717, 1.165) is 16.9 Å². The summed E-state index contributed by atoms with van der Waals surface area (Å²) in [5.74, 6) is 0.842. The number of hydrogen-bond donors (Lipinski definition) is 1. The average Bonchev–Trinajstić information content (AvgIpc) is 2.73. The molecule has 0 radical (unpaired) electrons. The number of carbonyl (C=O) groups excluding carboxylic acids is 1. The molecular formula is C16H22ClN3O. The third-order valence-electron chi connectivity index (χ3n) is 3.12. The van der Waals surface area contributed by atoms with Crippen LogP contribution in [0.3, 0.4) is 0 Å². The van der Waals surface area contributed by atoms with E-state index in [2.05, 4.69) is 10.3 Å². The number of alkyl halides is 1. The number of halogens is 1. The Kier molecular flexibility index (Phi) is 4.57. The number of rotatable bonds is 4. The zero-order chi connectivity index (χ0) is 15.6. The van der Waals surface area contributed by atoms with Gasteiger partial charge >= 0.3 is 0 Å². The largest absolute Gasteiger partial charge is 0.351 e. The van der Waals surface area contributed by atoms with Gasteiger partial charge in [-0.1, -0.05) is 12.1 Å². The highest BCUT2D eigenvalue weighted by atomic mass is 35.5. The first-order chi connectivity index (χ1) is 9.78. The Bertz CT molecular complexity index is 640. The van der Waals surface area contributed by atoms with Gasteiger partial charge in [0.1, 0.15) is 5.82 Å². The minimum Gasteiger partial charge on any atom is -0.351 e. The second-order valence-electron chi connectivity index (χ2n) is 6.27. The van der Waals surface area contributed by atoms with Crippen molar-refractivity contribution < 1.29 is 4.79 Å². The molecule has 1 atom stereocenters. The summed E-state index contributed by atoms with van der Waals surface area (Å²) in [6, 6.07) is 7.89. The molecule has 1 heterocycles. The summed E-state index contributed by atoms with van der Waals surface area (Å²) in [5.41, 5.74) is 1.72. The molecule has 0 fully saturated rings. The highest BCUT2D eigenvalue weighted by Crippen LogP contribution is 2.24. The lowest BCUT2D eigenvalue weighted by Gasteiger charge is -2.20. The van der Waals surface area contributed by atoms with Gasteiger partial charge in [-0.2, -0.15) is 0 Å². The zero-order valence-electron chi connectivity index (χ0n) is 13.0. The summed E-state index contributed by atoms with van der Waals surface area (Å²) in [5, 5.41) is 2.78. The van der Waals surface area contributed by atoms with Gasteiger partial charge in [-0.15, -0.1) is 11.6 Å². The van der Waals surface area contributed by atoms with E-state index in [0.29, 0.717) is 13.0 Å². The van der Waals surface area contributed by atoms with Gasteiger partial charge in [-0.25, -0.2) is 4.98 Å². The van der Waals surface area contributed by atoms with Crippen LogP contribution in [-0.2, 0) is 11.3 Å². The molecule has 0 aliphatic carbocycles. The first-order valence-corrected chi connectivity index (χ1v) is 7.62. The van der Waals surface area contributed by atoms with Gasteiger partial charge in [0.05, 0.1) is 16.4 Å². The van der Waals surface area contributed by atoms with Crippen molar-refractivity contribution in [2.45, 2.75) is 51.6 Å². The maximum absolute atomic E-state index is 12.0. The number of nitrogens with one attached hydrogen (secondary N) is 1. The van der Waals surface area contributed by atoms with E-state index in [-0.39, 0.29) is 16.8 Å². The van der Waals surface area contributed by atoms with E-state index in [1.165, 1.54) is 0 Å². The third kappa shape index (κ3) is 3.97. The minimum atomic E-state index is -0.212. The Morgan fingerprint density at radius 3 is 2.67 bits per heavy atom. The maximum atomic E-state index is 12.0. The molecule has 1 aromatic heterocycles. The van der Waals surface area contributed by atoms with Gasteiger partial charge in [-0.05, 0) is 39.8 Å². The summed E-state index contributed by atoms with van der Waals surface area (Å²) >= 11 is 6.22. The number of nitrogens with zero attached hydrogens (tertiary/aromatic N) is 2. The standard InChI is InChI=1S/C16H22ClN3O/c1-11(17)15-18-12-7-5-6-8-13(12)20(15)10-9-14(21)19-16(2,3)4/h5-8,11H,9-10H2,1-4H3,(H,19,21). The van der Waals surface area contributed by atoms with Crippen molar-refractivity contribution >= 4 is 28.5 Å². The topological polar surface area (TPSA) is 46.9 Å². The van der Waals surface area contributed by atoms with E-state index in [1.807, 2.05) is 56.5 Å². The van der Waals surface area contributed by atoms with Crippen LogP contribution in [0, 0.1) is 0 Å². The molecule has 4 nitrogen and oxygen atoms in total. The van der Waals surface area contributed by atoms with Crippen LogP contribution in [0.25, 0.3) is 11.0 Å². The van der Waals surface area contributed by atoms with Crippen molar-refractivity contribution in [3.8, 4) is 0 Å². The van der Waals surface area contributed by atoms with Gasteiger partial charge in [0.25, 0.3) is 0 Å². The van der Waals surface area contributed by atoms with Crippen molar-refractivity contribution in [1.82, 2.24) is 14.9 Å². The highest BCUT2D eigenvalue weighted by Gasteiger charge is 2.17. The lowest BCUT2D eigenvalue weighted by Crippen LogP contribution is -2.40. The Morgan fingerprint density at radius 1 is 1.38 bits per heavy atom. The number of fused-ring (bicyclic) bond motifs is 1. The molecule has 1 amide bonds. The summed E-state index contributed by atoms with van der Waals surface area (Å²) < 4.78 is 2.04. The number of aromatic nitrogens is 2. The second-order valence-corrected chi connectivity index (χ2v) is 6.93. The SMILES string of the molecule is CC(Cl)c1nc2ccccc2n1CCC(=O)NC(C)(C)C. The van der Waals surface area contributed by atoms with Crippen LogP contribution in [0.4, 0.5) is 0 Å². The Hall–Kier alpha value is -1.55.